The molecule has 88 valence electrons. The molecule has 0 spiro atoms. The molecule has 0 saturated carbocycles. The van der Waals surface area contributed by atoms with Crippen LogP contribution < -0.4 is 4.90 Å². The van der Waals surface area contributed by atoms with Crippen molar-refractivity contribution in [3.8, 4) is 0 Å². The Morgan fingerprint density at radius 1 is 1.50 bits per heavy atom. The molecule has 0 aliphatic carbocycles. The van der Waals surface area contributed by atoms with E-state index < -0.39 is 0 Å². The lowest BCUT2D eigenvalue weighted by Crippen LogP contribution is -2.05. The first kappa shape index (κ1) is 12.7. The Labute approximate surface area is 99.3 Å². The van der Waals surface area contributed by atoms with Gasteiger partial charge < -0.3 is 4.90 Å². The first-order valence-electron chi connectivity index (χ1n) is 5.05. The lowest BCUT2D eigenvalue weighted by Gasteiger charge is -2.06. The average Bonchev–Trinajstić information content (AvgIpc) is 2.61. The molecule has 0 bridgehead atoms. The van der Waals surface area contributed by atoms with Crippen molar-refractivity contribution in [2.75, 3.05) is 19.0 Å². The maximum absolute atomic E-state index is 10.8. The Morgan fingerprint density at radius 3 is 2.50 bits per heavy atom. The van der Waals surface area contributed by atoms with Gasteiger partial charge in [0.2, 0.25) is 5.70 Å². The van der Waals surface area contributed by atoms with E-state index in [0.29, 0.717) is 0 Å². The number of anilines is 1. The summed E-state index contributed by atoms with van der Waals surface area (Å²) in [5.41, 5.74) is 0.257. The van der Waals surface area contributed by atoms with Crippen LogP contribution in [0.3, 0.4) is 0 Å². The van der Waals surface area contributed by atoms with E-state index in [-0.39, 0.29) is 16.5 Å². The summed E-state index contributed by atoms with van der Waals surface area (Å²) in [6.07, 6.45) is 1.66. The van der Waals surface area contributed by atoms with Gasteiger partial charge in [-0.25, -0.2) is 0 Å². The fraction of sp³-hybridized carbons (Fsp3) is 0.455. The molecule has 4 nitrogen and oxygen atoms in total. The highest BCUT2D eigenvalue weighted by atomic mass is 32.1. The molecule has 0 amide bonds. The standard InChI is InChI=1S/C11H16N2O2S/c1-8(2)10(13(14)15)7-9-5-6-11(16-9)12(3)4/h5-8H,1-4H3/b10-7-. The number of hydrogen-bond acceptors (Lipinski definition) is 4. The third-order valence-electron chi connectivity index (χ3n) is 2.15. The second kappa shape index (κ2) is 5.12. The molecular weight excluding hydrogens is 224 g/mol. The predicted octanol–water partition coefficient (Wildman–Crippen LogP) is 3.09. The Balaban J connectivity index is 2.99. The molecule has 0 N–H and O–H groups in total. The van der Waals surface area contributed by atoms with Gasteiger partial charge in [-0.1, -0.05) is 13.8 Å². The highest BCUT2D eigenvalue weighted by Gasteiger charge is 2.16. The summed E-state index contributed by atoms with van der Waals surface area (Å²) in [6, 6.07) is 3.88. The van der Waals surface area contributed by atoms with E-state index in [1.54, 1.807) is 17.4 Å². The lowest BCUT2D eigenvalue weighted by atomic mass is 10.1. The summed E-state index contributed by atoms with van der Waals surface area (Å²) in [6.45, 7) is 3.66. The predicted molar refractivity (Wildman–Crippen MR) is 68.5 cm³/mol. The molecule has 0 aliphatic heterocycles. The first-order chi connectivity index (χ1) is 7.41. The molecular formula is C11H16N2O2S. The highest BCUT2D eigenvalue weighted by Crippen LogP contribution is 2.27. The number of allylic oxidation sites excluding steroid dienone is 1. The van der Waals surface area contributed by atoms with Crippen molar-refractivity contribution < 1.29 is 4.92 Å². The molecule has 0 radical (unpaired) electrons. The number of nitrogens with zero attached hydrogens (tertiary/aromatic N) is 2. The monoisotopic (exact) mass is 240 g/mol. The van der Waals surface area contributed by atoms with E-state index in [4.69, 9.17) is 0 Å². The van der Waals surface area contributed by atoms with E-state index in [2.05, 4.69) is 0 Å². The van der Waals surface area contributed by atoms with Gasteiger partial charge in [0.1, 0.15) is 0 Å². The van der Waals surface area contributed by atoms with Crippen LogP contribution in [0.25, 0.3) is 6.08 Å². The summed E-state index contributed by atoms with van der Waals surface area (Å²) in [7, 11) is 3.91. The van der Waals surface area contributed by atoms with Crippen molar-refractivity contribution in [1.29, 1.82) is 0 Å². The Morgan fingerprint density at radius 2 is 2.12 bits per heavy atom. The van der Waals surface area contributed by atoms with E-state index in [1.807, 2.05) is 45.0 Å². The van der Waals surface area contributed by atoms with Crippen LogP contribution in [0.1, 0.15) is 18.7 Å². The zero-order valence-electron chi connectivity index (χ0n) is 9.93. The topological polar surface area (TPSA) is 46.4 Å². The van der Waals surface area contributed by atoms with Crippen LogP contribution in [0.15, 0.2) is 17.8 Å². The molecule has 1 rings (SSSR count). The van der Waals surface area contributed by atoms with E-state index in [1.165, 1.54) is 0 Å². The van der Waals surface area contributed by atoms with E-state index >= 15 is 0 Å². The molecule has 0 unspecified atom stereocenters. The van der Waals surface area contributed by atoms with Gasteiger partial charge in [-0.3, -0.25) is 10.1 Å². The molecule has 0 saturated heterocycles. The van der Waals surface area contributed by atoms with Gasteiger partial charge >= 0.3 is 0 Å². The summed E-state index contributed by atoms with van der Waals surface area (Å²) >= 11 is 1.55. The molecule has 0 fully saturated rings. The fourth-order valence-corrected chi connectivity index (χ4v) is 2.11. The minimum Gasteiger partial charge on any atom is -0.370 e. The van der Waals surface area contributed by atoms with Crippen LogP contribution >= 0.6 is 11.3 Å². The van der Waals surface area contributed by atoms with Crippen molar-refractivity contribution in [2.24, 2.45) is 5.92 Å². The SMILES string of the molecule is CC(C)/C(=C/c1ccc(N(C)C)s1)[N+](=O)[O-]. The van der Waals surface area contributed by atoms with Crippen molar-refractivity contribution in [1.82, 2.24) is 0 Å². The van der Waals surface area contributed by atoms with Crippen molar-refractivity contribution >= 4 is 22.4 Å². The van der Waals surface area contributed by atoms with Crippen molar-refractivity contribution in [3.63, 3.8) is 0 Å². The molecule has 16 heavy (non-hydrogen) atoms. The van der Waals surface area contributed by atoms with Gasteiger partial charge in [-0.2, -0.15) is 0 Å². The lowest BCUT2D eigenvalue weighted by molar-refractivity contribution is -0.431. The maximum Gasteiger partial charge on any atom is 0.250 e. The normalized spacial score (nSPS) is 11.9. The Kier molecular flexibility index (Phi) is 4.06. The summed E-state index contributed by atoms with van der Waals surface area (Å²) in [5, 5.41) is 11.9. The number of nitro groups is 1. The zero-order chi connectivity index (χ0) is 12.3. The van der Waals surface area contributed by atoms with Crippen LogP contribution in [0.5, 0.6) is 0 Å². The Hall–Kier alpha value is -1.36. The Bertz CT molecular complexity index is 408. The molecule has 1 aromatic rings. The van der Waals surface area contributed by atoms with Crippen LogP contribution in [-0.4, -0.2) is 19.0 Å². The molecule has 1 aromatic heterocycles. The van der Waals surface area contributed by atoms with Gasteiger partial charge in [-0.15, -0.1) is 11.3 Å². The largest absolute Gasteiger partial charge is 0.370 e. The quantitative estimate of drug-likeness (QED) is 0.600. The minimum absolute atomic E-state index is 0.0695. The van der Waals surface area contributed by atoms with Crippen molar-refractivity contribution in [2.45, 2.75) is 13.8 Å². The second-order valence-electron chi connectivity index (χ2n) is 4.05. The minimum atomic E-state index is -0.306. The van der Waals surface area contributed by atoms with E-state index in [0.717, 1.165) is 9.88 Å². The second-order valence-corrected chi connectivity index (χ2v) is 5.15. The number of rotatable bonds is 4. The smallest absolute Gasteiger partial charge is 0.250 e. The van der Waals surface area contributed by atoms with Gasteiger partial charge in [0.15, 0.2) is 0 Å². The van der Waals surface area contributed by atoms with Crippen LogP contribution in [0.2, 0.25) is 0 Å². The van der Waals surface area contributed by atoms with Crippen LogP contribution in [0, 0.1) is 16.0 Å². The summed E-state index contributed by atoms with van der Waals surface area (Å²) in [4.78, 5) is 13.4. The molecule has 0 aliphatic rings. The molecule has 1 heterocycles. The maximum atomic E-state index is 10.8. The average molecular weight is 240 g/mol. The van der Waals surface area contributed by atoms with Gasteiger partial charge in [-0.05, 0) is 12.1 Å². The van der Waals surface area contributed by atoms with Gasteiger partial charge in [0.05, 0.1) is 9.92 Å². The highest BCUT2D eigenvalue weighted by molar-refractivity contribution is 7.16. The number of thiophene rings is 1. The van der Waals surface area contributed by atoms with Crippen LogP contribution in [0.4, 0.5) is 5.00 Å². The van der Waals surface area contributed by atoms with E-state index in [9.17, 15) is 10.1 Å². The number of hydrogen-bond donors (Lipinski definition) is 0. The first-order valence-corrected chi connectivity index (χ1v) is 5.86. The van der Waals surface area contributed by atoms with Crippen molar-refractivity contribution in [3.05, 3.63) is 32.8 Å². The summed E-state index contributed by atoms with van der Waals surface area (Å²) in [5.74, 6) is -0.0695. The zero-order valence-corrected chi connectivity index (χ0v) is 10.7. The third kappa shape index (κ3) is 3.06. The van der Waals surface area contributed by atoms with Gasteiger partial charge in [0.25, 0.3) is 0 Å². The molecule has 0 atom stereocenters. The van der Waals surface area contributed by atoms with Gasteiger partial charge in [0, 0.05) is 31.0 Å². The molecule has 5 heteroatoms. The fourth-order valence-electron chi connectivity index (χ4n) is 1.24. The third-order valence-corrected chi connectivity index (χ3v) is 3.35. The van der Waals surface area contributed by atoms with Crippen LogP contribution in [-0.2, 0) is 0 Å². The molecule has 0 aromatic carbocycles. The summed E-state index contributed by atoms with van der Waals surface area (Å²) < 4.78 is 0.